The molecule has 0 aliphatic rings. The predicted octanol–water partition coefficient (Wildman–Crippen LogP) is 4.68. The monoisotopic (exact) mass is 195 g/mol. The highest BCUT2D eigenvalue weighted by Gasteiger charge is 2.04. The first kappa shape index (κ1) is 13.5. The average Bonchev–Trinajstić information content (AvgIpc) is 2.21. The Morgan fingerprint density at radius 2 is 1.64 bits per heavy atom. The van der Waals surface area contributed by atoms with Crippen molar-refractivity contribution >= 4 is 0 Å². The van der Waals surface area contributed by atoms with Gasteiger partial charge in [-0.3, -0.25) is 0 Å². The lowest BCUT2D eigenvalue weighted by molar-refractivity contribution is 0.446. The van der Waals surface area contributed by atoms with Crippen LogP contribution in [0.4, 0.5) is 0 Å². The van der Waals surface area contributed by atoms with Crippen molar-refractivity contribution < 1.29 is 0 Å². The molecule has 0 amide bonds. The summed E-state index contributed by atoms with van der Waals surface area (Å²) in [6.45, 7) is 4.44. The Morgan fingerprint density at radius 3 is 2.21 bits per heavy atom. The van der Waals surface area contributed by atoms with Crippen molar-refractivity contribution in [1.82, 2.24) is 0 Å². The van der Waals surface area contributed by atoms with E-state index in [1.54, 1.807) is 0 Å². The molecule has 1 heteroatoms. The molecule has 0 N–H and O–H groups in total. The maximum absolute atomic E-state index is 8.59. The van der Waals surface area contributed by atoms with Gasteiger partial charge in [0, 0.05) is 6.42 Å². The van der Waals surface area contributed by atoms with Crippen LogP contribution in [0.15, 0.2) is 0 Å². The van der Waals surface area contributed by atoms with Crippen LogP contribution in [0.1, 0.15) is 71.6 Å². The molecule has 0 saturated heterocycles. The highest BCUT2D eigenvalue weighted by atomic mass is 14.2. The zero-order chi connectivity index (χ0) is 10.6. The van der Waals surface area contributed by atoms with Crippen LogP contribution in [0.25, 0.3) is 0 Å². The molecule has 1 unspecified atom stereocenters. The molecule has 0 aromatic heterocycles. The Balaban J connectivity index is 3.21. The van der Waals surface area contributed by atoms with Gasteiger partial charge >= 0.3 is 0 Å². The van der Waals surface area contributed by atoms with Crippen LogP contribution in [0, 0.1) is 17.2 Å². The SMILES string of the molecule is CCCCCCCCC(CC)CC#N. The Bertz CT molecular complexity index is 146. The van der Waals surface area contributed by atoms with Gasteiger partial charge in [-0.25, -0.2) is 0 Å². The molecule has 0 heterocycles. The van der Waals surface area contributed by atoms with E-state index < -0.39 is 0 Å². The molecule has 0 aromatic rings. The number of nitriles is 1. The van der Waals surface area contributed by atoms with E-state index in [2.05, 4.69) is 19.9 Å². The van der Waals surface area contributed by atoms with Gasteiger partial charge in [0.05, 0.1) is 6.07 Å². The quantitative estimate of drug-likeness (QED) is 0.490. The number of rotatable bonds is 9. The maximum atomic E-state index is 8.59. The molecule has 1 nitrogen and oxygen atoms in total. The molecule has 0 bridgehead atoms. The summed E-state index contributed by atoms with van der Waals surface area (Å²) in [6, 6.07) is 2.28. The lowest BCUT2D eigenvalue weighted by Crippen LogP contribution is -1.97. The molecule has 0 aliphatic heterocycles. The van der Waals surface area contributed by atoms with Gasteiger partial charge in [0.1, 0.15) is 0 Å². The fraction of sp³-hybridized carbons (Fsp3) is 0.923. The Labute approximate surface area is 89.5 Å². The molecule has 0 aliphatic carbocycles. The second-order valence-corrected chi connectivity index (χ2v) is 4.19. The minimum atomic E-state index is 0.658. The normalized spacial score (nSPS) is 12.4. The number of unbranched alkanes of at least 4 members (excludes halogenated alkanes) is 5. The van der Waals surface area contributed by atoms with Crippen molar-refractivity contribution in [2.75, 3.05) is 0 Å². The minimum absolute atomic E-state index is 0.658. The first-order valence-corrected chi connectivity index (χ1v) is 6.22. The van der Waals surface area contributed by atoms with E-state index in [0.717, 1.165) is 6.42 Å². The fourth-order valence-corrected chi connectivity index (χ4v) is 1.79. The smallest absolute Gasteiger partial charge is 0.0624 e. The second-order valence-electron chi connectivity index (χ2n) is 4.19. The molecular weight excluding hydrogens is 170 g/mol. The van der Waals surface area contributed by atoms with E-state index >= 15 is 0 Å². The zero-order valence-corrected chi connectivity index (χ0v) is 9.89. The summed E-state index contributed by atoms with van der Waals surface area (Å²) in [6.07, 6.45) is 11.4. The summed E-state index contributed by atoms with van der Waals surface area (Å²) in [5, 5.41) is 8.59. The van der Waals surface area contributed by atoms with Crippen LogP contribution in [-0.4, -0.2) is 0 Å². The van der Waals surface area contributed by atoms with Crippen LogP contribution < -0.4 is 0 Å². The van der Waals surface area contributed by atoms with Crippen molar-refractivity contribution in [2.45, 2.75) is 71.6 Å². The molecule has 0 fully saturated rings. The van der Waals surface area contributed by atoms with Crippen molar-refractivity contribution in [3.8, 4) is 6.07 Å². The van der Waals surface area contributed by atoms with Crippen LogP contribution >= 0.6 is 0 Å². The van der Waals surface area contributed by atoms with Gasteiger partial charge in [0.2, 0.25) is 0 Å². The van der Waals surface area contributed by atoms with E-state index in [4.69, 9.17) is 5.26 Å². The fourth-order valence-electron chi connectivity index (χ4n) is 1.79. The third-order valence-electron chi connectivity index (χ3n) is 2.92. The minimum Gasteiger partial charge on any atom is -0.198 e. The molecule has 1 atom stereocenters. The van der Waals surface area contributed by atoms with Crippen molar-refractivity contribution in [1.29, 1.82) is 5.26 Å². The molecule has 0 saturated carbocycles. The number of nitrogens with zero attached hydrogens (tertiary/aromatic N) is 1. The third kappa shape index (κ3) is 8.10. The number of hydrogen-bond acceptors (Lipinski definition) is 1. The van der Waals surface area contributed by atoms with Crippen molar-refractivity contribution in [3.63, 3.8) is 0 Å². The van der Waals surface area contributed by atoms with E-state index in [-0.39, 0.29) is 0 Å². The Morgan fingerprint density at radius 1 is 1.00 bits per heavy atom. The maximum Gasteiger partial charge on any atom is 0.0624 e. The van der Waals surface area contributed by atoms with Gasteiger partial charge in [-0.1, -0.05) is 58.8 Å². The molecule has 82 valence electrons. The molecule has 0 spiro atoms. The Kier molecular flexibility index (Phi) is 10.2. The molecule has 14 heavy (non-hydrogen) atoms. The number of hydrogen-bond donors (Lipinski definition) is 0. The summed E-state index contributed by atoms with van der Waals surface area (Å²) in [4.78, 5) is 0. The lowest BCUT2D eigenvalue weighted by Gasteiger charge is -2.09. The summed E-state index contributed by atoms with van der Waals surface area (Å²) >= 11 is 0. The van der Waals surface area contributed by atoms with Crippen molar-refractivity contribution in [2.24, 2.45) is 5.92 Å². The van der Waals surface area contributed by atoms with E-state index in [1.807, 2.05) is 0 Å². The van der Waals surface area contributed by atoms with E-state index in [9.17, 15) is 0 Å². The van der Waals surface area contributed by atoms with Gasteiger partial charge in [-0.2, -0.15) is 5.26 Å². The highest BCUT2D eigenvalue weighted by molar-refractivity contribution is 4.74. The summed E-state index contributed by atoms with van der Waals surface area (Å²) < 4.78 is 0. The molecule has 0 aromatic carbocycles. The molecular formula is C13H25N. The zero-order valence-electron chi connectivity index (χ0n) is 9.89. The Hall–Kier alpha value is -0.510. The molecule has 0 rings (SSSR count). The van der Waals surface area contributed by atoms with Crippen LogP contribution in [0.5, 0.6) is 0 Å². The summed E-state index contributed by atoms with van der Waals surface area (Å²) in [7, 11) is 0. The summed E-state index contributed by atoms with van der Waals surface area (Å²) in [5.41, 5.74) is 0. The van der Waals surface area contributed by atoms with E-state index in [0.29, 0.717) is 5.92 Å². The van der Waals surface area contributed by atoms with Gasteiger partial charge in [-0.05, 0) is 12.3 Å². The average molecular weight is 195 g/mol. The largest absolute Gasteiger partial charge is 0.198 e. The third-order valence-corrected chi connectivity index (χ3v) is 2.92. The first-order valence-electron chi connectivity index (χ1n) is 6.22. The highest BCUT2D eigenvalue weighted by Crippen LogP contribution is 2.17. The van der Waals surface area contributed by atoms with E-state index in [1.165, 1.54) is 51.4 Å². The first-order chi connectivity index (χ1) is 6.85. The summed E-state index contributed by atoms with van der Waals surface area (Å²) in [5.74, 6) is 0.658. The van der Waals surface area contributed by atoms with Crippen LogP contribution in [0.3, 0.4) is 0 Å². The van der Waals surface area contributed by atoms with Gasteiger partial charge < -0.3 is 0 Å². The molecule has 0 radical (unpaired) electrons. The van der Waals surface area contributed by atoms with Gasteiger partial charge in [0.15, 0.2) is 0 Å². The second kappa shape index (κ2) is 10.6. The lowest BCUT2D eigenvalue weighted by atomic mass is 9.95. The van der Waals surface area contributed by atoms with Gasteiger partial charge in [0.25, 0.3) is 0 Å². The topological polar surface area (TPSA) is 23.8 Å². The van der Waals surface area contributed by atoms with Crippen LogP contribution in [-0.2, 0) is 0 Å². The van der Waals surface area contributed by atoms with Crippen LogP contribution in [0.2, 0.25) is 0 Å². The van der Waals surface area contributed by atoms with Gasteiger partial charge in [-0.15, -0.1) is 0 Å². The predicted molar refractivity (Wildman–Crippen MR) is 62.0 cm³/mol. The standard InChI is InChI=1S/C13H25N/c1-3-5-6-7-8-9-10-13(4-2)11-12-14/h13H,3-11H2,1-2H3. The van der Waals surface area contributed by atoms with Crippen molar-refractivity contribution in [3.05, 3.63) is 0 Å².